The Kier molecular flexibility index (Phi) is 12.0. The first-order chi connectivity index (χ1) is 21.8. The third-order valence-electron chi connectivity index (χ3n) is 8.00. The normalized spacial score (nSPS) is 21.0. The average Bonchev–Trinajstić information content (AvgIpc) is 3.86. The molecule has 7 nitrogen and oxygen atoms in total. The van der Waals surface area contributed by atoms with Gasteiger partial charge in [-0.15, -0.1) is 0 Å². The van der Waals surface area contributed by atoms with Crippen molar-refractivity contribution in [2.24, 2.45) is 0 Å². The SMILES string of the molecule is Nc1ccn(C2OC(COC(CCCCC(CCSCc3ccccc3)SCc3ccccc3)=C3CC3)C(O)C2(F)F)c(=O)n1. The van der Waals surface area contributed by atoms with Crippen molar-refractivity contribution < 1.29 is 23.4 Å². The highest BCUT2D eigenvalue weighted by Crippen LogP contribution is 2.43. The first-order valence-corrected chi connectivity index (χ1v) is 17.7. The Morgan fingerprint density at radius 2 is 1.73 bits per heavy atom. The third kappa shape index (κ3) is 9.57. The summed E-state index contributed by atoms with van der Waals surface area (Å²) in [6, 6.07) is 22.4. The van der Waals surface area contributed by atoms with E-state index in [2.05, 4.69) is 53.5 Å². The molecule has 4 atom stereocenters. The number of rotatable bonds is 17. The van der Waals surface area contributed by atoms with Crippen LogP contribution in [0.1, 0.15) is 62.3 Å². The summed E-state index contributed by atoms with van der Waals surface area (Å²) >= 11 is 3.99. The van der Waals surface area contributed by atoms with E-state index in [-0.39, 0.29) is 12.4 Å². The van der Waals surface area contributed by atoms with Crippen LogP contribution in [0.5, 0.6) is 0 Å². The second kappa shape index (κ2) is 16.1. The molecule has 4 unspecified atom stereocenters. The summed E-state index contributed by atoms with van der Waals surface area (Å²) in [7, 11) is 0. The Labute approximate surface area is 271 Å². The number of anilines is 1. The zero-order chi connectivity index (χ0) is 31.6. The first-order valence-electron chi connectivity index (χ1n) is 15.5. The van der Waals surface area contributed by atoms with Crippen LogP contribution in [0.2, 0.25) is 0 Å². The molecule has 0 radical (unpaired) electrons. The highest BCUT2D eigenvalue weighted by molar-refractivity contribution is 7.99. The molecule has 2 heterocycles. The average molecular weight is 658 g/mol. The molecule has 0 bridgehead atoms. The first kappa shape index (κ1) is 33.5. The van der Waals surface area contributed by atoms with Crippen molar-refractivity contribution in [1.29, 1.82) is 0 Å². The van der Waals surface area contributed by atoms with E-state index in [0.717, 1.165) is 74.2 Å². The van der Waals surface area contributed by atoms with Gasteiger partial charge in [-0.1, -0.05) is 67.1 Å². The number of aliphatic hydroxyl groups is 1. The minimum atomic E-state index is -3.70. The van der Waals surface area contributed by atoms with Gasteiger partial charge in [0.2, 0.25) is 6.23 Å². The van der Waals surface area contributed by atoms with Crippen molar-refractivity contribution in [3.63, 3.8) is 0 Å². The van der Waals surface area contributed by atoms with Gasteiger partial charge in [0.05, 0.1) is 5.76 Å². The molecule has 2 aromatic carbocycles. The number of nitrogens with two attached hydrogens (primary N) is 1. The monoisotopic (exact) mass is 657 g/mol. The molecule has 11 heteroatoms. The minimum Gasteiger partial charge on any atom is -0.495 e. The number of nitrogen functional groups attached to an aromatic ring is 1. The molecule has 3 N–H and O–H groups in total. The van der Waals surface area contributed by atoms with Crippen molar-refractivity contribution in [2.75, 3.05) is 18.1 Å². The zero-order valence-electron chi connectivity index (χ0n) is 25.2. The van der Waals surface area contributed by atoms with Crippen LogP contribution in [-0.4, -0.2) is 50.4 Å². The molecule has 5 rings (SSSR count). The number of alkyl halides is 2. The van der Waals surface area contributed by atoms with E-state index in [9.17, 15) is 18.7 Å². The Bertz CT molecular complexity index is 1450. The number of ether oxygens (including phenoxy) is 2. The lowest BCUT2D eigenvalue weighted by molar-refractivity contribution is -0.141. The largest absolute Gasteiger partial charge is 0.495 e. The van der Waals surface area contributed by atoms with Crippen LogP contribution in [0.3, 0.4) is 0 Å². The molecule has 1 aliphatic heterocycles. The van der Waals surface area contributed by atoms with E-state index in [1.54, 1.807) is 0 Å². The number of hydrogen-bond acceptors (Lipinski definition) is 8. The quantitative estimate of drug-likeness (QED) is 0.119. The molecule has 1 saturated heterocycles. The maximum absolute atomic E-state index is 14.9. The number of benzene rings is 2. The van der Waals surface area contributed by atoms with Crippen molar-refractivity contribution >= 4 is 29.3 Å². The van der Waals surface area contributed by atoms with Gasteiger partial charge < -0.3 is 20.3 Å². The van der Waals surface area contributed by atoms with E-state index in [4.69, 9.17) is 15.2 Å². The lowest BCUT2D eigenvalue weighted by Gasteiger charge is -2.20. The molecule has 3 aromatic rings. The van der Waals surface area contributed by atoms with Crippen LogP contribution < -0.4 is 11.4 Å². The highest BCUT2D eigenvalue weighted by atomic mass is 32.2. The summed E-state index contributed by atoms with van der Waals surface area (Å²) in [5.41, 5.74) is 8.39. The Morgan fingerprint density at radius 3 is 2.40 bits per heavy atom. The molecule has 242 valence electrons. The molecule has 1 saturated carbocycles. The van der Waals surface area contributed by atoms with Gasteiger partial charge in [-0.2, -0.15) is 37.3 Å². The highest BCUT2D eigenvalue weighted by Gasteiger charge is 2.60. The van der Waals surface area contributed by atoms with Gasteiger partial charge in [0.25, 0.3) is 0 Å². The molecule has 2 fully saturated rings. The number of halogens is 2. The summed E-state index contributed by atoms with van der Waals surface area (Å²) < 4.78 is 42.0. The van der Waals surface area contributed by atoms with Gasteiger partial charge in [-0.25, -0.2) is 4.79 Å². The van der Waals surface area contributed by atoms with Crippen LogP contribution in [0, 0.1) is 0 Å². The lowest BCUT2D eigenvalue weighted by atomic mass is 10.1. The van der Waals surface area contributed by atoms with E-state index in [0.29, 0.717) is 9.82 Å². The van der Waals surface area contributed by atoms with E-state index < -0.39 is 30.0 Å². The van der Waals surface area contributed by atoms with Crippen molar-refractivity contribution in [3.8, 4) is 0 Å². The third-order valence-corrected chi connectivity index (χ3v) is 10.5. The predicted molar refractivity (Wildman–Crippen MR) is 177 cm³/mol. The Morgan fingerprint density at radius 1 is 1.04 bits per heavy atom. The second-order valence-corrected chi connectivity index (χ2v) is 13.9. The van der Waals surface area contributed by atoms with Crippen LogP contribution in [-0.2, 0) is 21.0 Å². The number of hydrogen-bond donors (Lipinski definition) is 2. The van der Waals surface area contributed by atoms with Crippen LogP contribution in [0.15, 0.2) is 89.1 Å². The van der Waals surface area contributed by atoms with E-state index >= 15 is 0 Å². The topological polar surface area (TPSA) is 99.6 Å². The maximum atomic E-state index is 14.9. The van der Waals surface area contributed by atoms with Crippen molar-refractivity contribution in [3.05, 3.63) is 106 Å². The van der Waals surface area contributed by atoms with Crippen LogP contribution in [0.4, 0.5) is 14.6 Å². The van der Waals surface area contributed by atoms with Gasteiger partial charge in [0.15, 0.2) is 6.10 Å². The van der Waals surface area contributed by atoms with Gasteiger partial charge in [0, 0.05) is 29.4 Å². The number of aromatic nitrogens is 2. The maximum Gasteiger partial charge on any atom is 0.351 e. The predicted octanol–water partition coefficient (Wildman–Crippen LogP) is 6.97. The second-order valence-electron chi connectivity index (χ2n) is 11.5. The fourth-order valence-corrected chi connectivity index (χ4v) is 7.73. The summed E-state index contributed by atoms with van der Waals surface area (Å²) in [4.78, 5) is 15.7. The van der Waals surface area contributed by atoms with Crippen molar-refractivity contribution in [2.45, 2.75) is 86.1 Å². The number of unbranched alkanes of at least 4 members (excludes halogenated alkanes) is 1. The smallest absolute Gasteiger partial charge is 0.351 e. The van der Waals surface area contributed by atoms with Gasteiger partial charge in [-0.3, -0.25) is 4.57 Å². The van der Waals surface area contributed by atoms with Crippen LogP contribution in [0.25, 0.3) is 0 Å². The van der Waals surface area contributed by atoms with Crippen molar-refractivity contribution in [1.82, 2.24) is 9.55 Å². The van der Waals surface area contributed by atoms with Gasteiger partial charge >= 0.3 is 11.6 Å². The minimum absolute atomic E-state index is 0.0817. The zero-order valence-corrected chi connectivity index (χ0v) is 26.9. The summed E-state index contributed by atoms with van der Waals surface area (Å²) in [6.45, 7) is -0.225. The molecule has 45 heavy (non-hydrogen) atoms. The lowest BCUT2D eigenvalue weighted by Crippen LogP contribution is -2.42. The number of allylic oxidation sites excluding steroid dienone is 2. The molecule has 0 spiro atoms. The molecular formula is C34H41F2N3O4S2. The van der Waals surface area contributed by atoms with Gasteiger partial charge in [0.1, 0.15) is 18.5 Å². The molecule has 2 aliphatic rings. The Hall–Kier alpha value is -2.86. The number of nitrogens with zero attached hydrogens (tertiary/aromatic N) is 2. The van der Waals surface area contributed by atoms with Crippen LogP contribution >= 0.6 is 23.5 Å². The van der Waals surface area contributed by atoms with Gasteiger partial charge in [-0.05, 0) is 60.6 Å². The fraction of sp³-hybridized carbons (Fsp3) is 0.471. The fourth-order valence-electron chi connectivity index (χ4n) is 5.32. The van der Waals surface area contributed by atoms with E-state index in [1.807, 2.05) is 35.7 Å². The molecular weight excluding hydrogens is 617 g/mol. The Balaban J connectivity index is 1.09. The standard InChI is InChI=1S/C34H41F2N3O4S2/c35-34(36)31(40)29(43-32(34)39-19-17-30(37)38-33(39)41)21-42-28(26-15-16-26)14-8-7-13-27(45-23-25-11-5-2-6-12-25)18-20-44-22-24-9-3-1-4-10-24/h1-6,9-12,17,19,27,29,31-32,40H,7-8,13-16,18,20-23H2,(H2,37,38,41). The molecule has 1 aromatic heterocycles. The molecule has 1 aliphatic carbocycles. The summed E-state index contributed by atoms with van der Waals surface area (Å²) in [6.07, 6.45) is 2.47. The molecule has 0 amide bonds. The number of thioether (sulfide) groups is 2. The summed E-state index contributed by atoms with van der Waals surface area (Å²) in [5.74, 6) is 0.145. The number of aliphatic hydroxyl groups excluding tert-OH is 1. The van der Waals surface area contributed by atoms with E-state index in [1.165, 1.54) is 22.8 Å². The summed E-state index contributed by atoms with van der Waals surface area (Å²) in [5, 5.41) is 10.9.